The molecule has 0 aromatic rings. The minimum absolute atomic E-state index is 0.0837. The van der Waals surface area contributed by atoms with Crippen LogP contribution in [0.1, 0.15) is 47.0 Å². The van der Waals surface area contributed by atoms with E-state index in [0.29, 0.717) is 18.9 Å². The number of hydrogen-bond donors (Lipinski definition) is 3. The monoisotopic (exact) mass is 286 g/mol. The van der Waals surface area contributed by atoms with Crippen molar-refractivity contribution in [2.24, 2.45) is 11.3 Å². The van der Waals surface area contributed by atoms with Crippen molar-refractivity contribution in [1.82, 2.24) is 10.6 Å². The van der Waals surface area contributed by atoms with E-state index in [0.717, 1.165) is 19.4 Å². The third-order valence-electron chi connectivity index (χ3n) is 3.77. The minimum atomic E-state index is -0.130. The van der Waals surface area contributed by atoms with Gasteiger partial charge in [0.25, 0.3) is 0 Å². The average Bonchev–Trinajstić information content (AvgIpc) is 2.82. The van der Waals surface area contributed by atoms with Crippen molar-refractivity contribution in [2.75, 3.05) is 19.8 Å². The number of amides is 2. The zero-order chi connectivity index (χ0) is 15.2. The average molecular weight is 286 g/mol. The predicted molar refractivity (Wildman–Crippen MR) is 79.6 cm³/mol. The molecule has 5 nitrogen and oxygen atoms in total. The SMILES string of the molecule is C[C@H](CCCO)NC(=O)NC[C@H]1CCO[C@@H]1C(C)(C)C. The Balaban J connectivity index is 2.30. The Morgan fingerprint density at radius 3 is 2.75 bits per heavy atom. The van der Waals surface area contributed by atoms with Gasteiger partial charge in [-0.05, 0) is 31.6 Å². The Morgan fingerprint density at radius 2 is 2.15 bits per heavy atom. The number of aliphatic hydroxyl groups is 1. The van der Waals surface area contributed by atoms with Gasteiger partial charge in [0.1, 0.15) is 0 Å². The van der Waals surface area contributed by atoms with Crippen LogP contribution in [-0.4, -0.2) is 43.0 Å². The molecule has 0 unspecified atom stereocenters. The molecule has 1 aliphatic heterocycles. The molecule has 0 spiro atoms. The first kappa shape index (κ1) is 17.2. The molecule has 1 fully saturated rings. The summed E-state index contributed by atoms with van der Waals surface area (Å²) in [7, 11) is 0. The summed E-state index contributed by atoms with van der Waals surface area (Å²) in [5.41, 5.74) is 0.105. The lowest BCUT2D eigenvalue weighted by atomic mass is 9.81. The van der Waals surface area contributed by atoms with Gasteiger partial charge in [-0.25, -0.2) is 4.79 Å². The van der Waals surface area contributed by atoms with Crippen LogP contribution >= 0.6 is 0 Å². The van der Waals surface area contributed by atoms with Crippen LogP contribution in [0.4, 0.5) is 4.79 Å². The van der Waals surface area contributed by atoms with Crippen LogP contribution in [0.2, 0.25) is 0 Å². The van der Waals surface area contributed by atoms with Crippen LogP contribution in [0.15, 0.2) is 0 Å². The van der Waals surface area contributed by atoms with Crippen molar-refractivity contribution < 1.29 is 14.6 Å². The van der Waals surface area contributed by atoms with Gasteiger partial charge in [-0.2, -0.15) is 0 Å². The van der Waals surface area contributed by atoms with Crippen molar-refractivity contribution in [3.05, 3.63) is 0 Å². The van der Waals surface area contributed by atoms with Crippen LogP contribution in [-0.2, 0) is 4.74 Å². The molecule has 1 saturated heterocycles. The molecular weight excluding hydrogens is 256 g/mol. The topological polar surface area (TPSA) is 70.6 Å². The minimum Gasteiger partial charge on any atom is -0.396 e. The van der Waals surface area contributed by atoms with Crippen molar-refractivity contribution in [2.45, 2.75) is 59.1 Å². The summed E-state index contributed by atoms with van der Waals surface area (Å²) >= 11 is 0. The van der Waals surface area contributed by atoms with E-state index in [2.05, 4.69) is 31.4 Å². The Hall–Kier alpha value is -0.810. The first-order valence-corrected chi connectivity index (χ1v) is 7.61. The summed E-state index contributed by atoms with van der Waals surface area (Å²) in [6.07, 6.45) is 2.71. The van der Waals surface area contributed by atoms with Gasteiger partial charge >= 0.3 is 6.03 Å². The maximum Gasteiger partial charge on any atom is 0.315 e. The second-order valence-corrected chi connectivity index (χ2v) is 6.83. The first-order chi connectivity index (χ1) is 9.34. The van der Waals surface area contributed by atoms with Crippen molar-refractivity contribution in [1.29, 1.82) is 0 Å². The van der Waals surface area contributed by atoms with Crippen LogP contribution in [0.25, 0.3) is 0 Å². The van der Waals surface area contributed by atoms with Crippen LogP contribution in [0.5, 0.6) is 0 Å². The maximum absolute atomic E-state index is 11.8. The van der Waals surface area contributed by atoms with Gasteiger partial charge in [-0.15, -0.1) is 0 Å². The van der Waals surface area contributed by atoms with Gasteiger partial charge in [-0.3, -0.25) is 0 Å². The summed E-state index contributed by atoms with van der Waals surface area (Å²) in [6.45, 7) is 10.1. The van der Waals surface area contributed by atoms with E-state index in [-0.39, 0.29) is 30.2 Å². The third-order valence-corrected chi connectivity index (χ3v) is 3.77. The first-order valence-electron chi connectivity index (χ1n) is 7.61. The van der Waals surface area contributed by atoms with E-state index in [4.69, 9.17) is 9.84 Å². The second-order valence-electron chi connectivity index (χ2n) is 6.83. The van der Waals surface area contributed by atoms with Gasteiger partial charge in [0, 0.05) is 31.7 Å². The lowest BCUT2D eigenvalue weighted by Gasteiger charge is -2.31. The summed E-state index contributed by atoms with van der Waals surface area (Å²) < 4.78 is 5.80. The molecule has 1 aliphatic rings. The van der Waals surface area contributed by atoms with Crippen LogP contribution in [0, 0.1) is 11.3 Å². The zero-order valence-electron chi connectivity index (χ0n) is 13.2. The summed E-state index contributed by atoms with van der Waals surface area (Å²) in [4.78, 5) is 11.8. The highest BCUT2D eigenvalue weighted by Crippen LogP contribution is 2.34. The fourth-order valence-corrected chi connectivity index (χ4v) is 2.77. The van der Waals surface area contributed by atoms with Crippen molar-refractivity contribution >= 4 is 6.03 Å². The molecule has 0 aromatic heterocycles. The van der Waals surface area contributed by atoms with E-state index in [9.17, 15) is 4.79 Å². The van der Waals surface area contributed by atoms with E-state index < -0.39 is 0 Å². The summed E-state index contributed by atoms with van der Waals surface area (Å²) in [5.74, 6) is 0.383. The lowest BCUT2D eigenvalue weighted by Crippen LogP contribution is -2.45. The molecule has 3 atom stereocenters. The largest absolute Gasteiger partial charge is 0.396 e. The standard InChI is InChI=1S/C15H30N2O3/c1-11(6-5-8-18)17-14(19)16-10-12-7-9-20-13(12)15(2,3)4/h11-13,18H,5-10H2,1-4H3,(H2,16,17,19)/t11-,12-,13+/m1/s1. The highest BCUT2D eigenvalue weighted by atomic mass is 16.5. The van der Waals surface area contributed by atoms with Crippen molar-refractivity contribution in [3.8, 4) is 0 Å². The van der Waals surface area contributed by atoms with Crippen LogP contribution < -0.4 is 10.6 Å². The summed E-state index contributed by atoms with van der Waals surface area (Å²) in [5, 5.41) is 14.6. The molecule has 1 heterocycles. The van der Waals surface area contributed by atoms with Crippen LogP contribution in [0.3, 0.4) is 0 Å². The quantitative estimate of drug-likeness (QED) is 0.698. The molecule has 0 saturated carbocycles. The molecule has 5 heteroatoms. The molecule has 1 rings (SSSR count). The Labute approximate surface area is 122 Å². The van der Waals surface area contributed by atoms with Gasteiger partial charge in [-0.1, -0.05) is 20.8 Å². The highest BCUT2D eigenvalue weighted by molar-refractivity contribution is 5.74. The van der Waals surface area contributed by atoms with E-state index in [1.54, 1.807) is 0 Å². The number of carbonyl (C=O) groups is 1. The molecule has 3 N–H and O–H groups in total. The molecule has 0 aliphatic carbocycles. The number of urea groups is 1. The fourth-order valence-electron chi connectivity index (χ4n) is 2.77. The molecular formula is C15H30N2O3. The predicted octanol–water partition coefficient (Wildman–Crippen LogP) is 1.90. The Bertz CT molecular complexity index is 302. The number of rotatable bonds is 6. The second kappa shape index (κ2) is 7.84. The number of carbonyl (C=O) groups excluding carboxylic acids is 1. The van der Waals surface area contributed by atoms with Gasteiger partial charge in [0.15, 0.2) is 0 Å². The van der Waals surface area contributed by atoms with E-state index in [1.807, 2.05) is 6.92 Å². The van der Waals surface area contributed by atoms with Gasteiger partial charge < -0.3 is 20.5 Å². The Kier molecular flexibility index (Phi) is 6.76. The number of ether oxygens (including phenoxy) is 1. The normalized spacial score (nSPS) is 24.4. The molecule has 20 heavy (non-hydrogen) atoms. The molecule has 0 aromatic carbocycles. The lowest BCUT2D eigenvalue weighted by molar-refractivity contribution is 0.00774. The number of aliphatic hydroxyl groups excluding tert-OH is 1. The number of hydrogen-bond acceptors (Lipinski definition) is 3. The molecule has 0 radical (unpaired) electrons. The third kappa shape index (κ3) is 5.67. The number of nitrogens with one attached hydrogen (secondary N) is 2. The fraction of sp³-hybridized carbons (Fsp3) is 0.933. The summed E-state index contributed by atoms with van der Waals surface area (Å²) in [6, 6.07) is -0.0459. The van der Waals surface area contributed by atoms with Gasteiger partial charge in [0.05, 0.1) is 6.10 Å². The van der Waals surface area contributed by atoms with E-state index >= 15 is 0 Å². The smallest absolute Gasteiger partial charge is 0.315 e. The molecule has 0 bridgehead atoms. The van der Waals surface area contributed by atoms with Gasteiger partial charge in [0.2, 0.25) is 0 Å². The maximum atomic E-state index is 11.8. The highest BCUT2D eigenvalue weighted by Gasteiger charge is 2.37. The molecule has 118 valence electrons. The molecule has 2 amide bonds. The zero-order valence-corrected chi connectivity index (χ0v) is 13.2. The van der Waals surface area contributed by atoms with E-state index in [1.165, 1.54) is 0 Å². The Morgan fingerprint density at radius 1 is 1.45 bits per heavy atom. The van der Waals surface area contributed by atoms with Crippen molar-refractivity contribution in [3.63, 3.8) is 0 Å².